The molecule has 2 N–H and O–H groups in total. The van der Waals surface area contributed by atoms with Gasteiger partial charge >= 0.3 is 5.69 Å². The molecule has 1 atom stereocenters. The number of hydrogen-bond acceptors (Lipinski definition) is 3. The first-order valence-electron chi connectivity index (χ1n) is 8.76. The Morgan fingerprint density at radius 2 is 2.21 bits per heavy atom. The second-order valence-corrected chi connectivity index (χ2v) is 6.76. The number of hydrogen-bond donors (Lipinski definition) is 2. The second kappa shape index (κ2) is 7.66. The van der Waals surface area contributed by atoms with E-state index >= 15 is 0 Å². The van der Waals surface area contributed by atoms with E-state index in [2.05, 4.69) is 22.2 Å². The molecular weight excluding hydrogens is 304 g/mol. The van der Waals surface area contributed by atoms with Crippen LogP contribution in [0, 0.1) is 5.92 Å². The molecule has 1 amide bonds. The Morgan fingerprint density at radius 3 is 3.04 bits per heavy atom. The number of carbonyl (C=O) groups excluding carboxylic acids is 1. The van der Waals surface area contributed by atoms with Crippen molar-refractivity contribution in [1.29, 1.82) is 0 Å². The van der Waals surface area contributed by atoms with Gasteiger partial charge in [-0.25, -0.2) is 4.79 Å². The number of fused-ring (bicyclic) bond motifs is 1. The van der Waals surface area contributed by atoms with Crippen LogP contribution in [0.5, 0.6) is 0 Å². The number of rotatable bonds is 6. The number of H-pyrrole nitrogens is 1. The van der Waals surface area contributed by atoms with Gasteiger partial charge in [-0.2, -0.15) is 0 Å². The van der Waals surface area contributed by atoms with Crippen molar-refractivity contribution >= 4 is 16.9 Å². The molecule has 1 saturated heterocycles. The highest BCUT2D eigenvalue weighted by Gasteiger charge is 2.17. The fourth-order valence-electron chi connectivity index (χ4n) is 3.56. The van der Waals surface area contributed by atoms with Crippen LogP contribution < -0.4 is 11.0 Å². The van der Waals surface area contributed by atoms with Gasteiger partial charge in [-0.05, 0) is 50.9 Å². The highest BCUT2D eigenvalue weighted by atomic mass is 16.2. The van der Waals surface area contributed by atoms with Crippen LogP contribution in [0.3, 0.4) is 0 Å². The monoisotopic (exact) mass is 330 g/mol. The molecule has 1 aliphatic rings. The molecule has 0 saturated carbocycles. The second-order valence-electron chi connectivity index (χ2n) is 6.76. The largest absolute Gasteiger partial charge is 0.356 e. The average Bonchev–Trinajstić information content (AvgIpc) is 2.88. The van der Waals surface area contributed by atoms with Crippen LogP contribution in [-0.2, 0) is 11.3 Å². The van der Waals surface area contributed by atoms with Crippen molar-refractivity contribution in [3.63, 3.8) is 0 Å². The fourth-order valence-corrected chi connectivity index (χ4v) is 3.56. The molecule has 1 unspecified atom stereocenters. The zero-order chi connectivity index (χ0) is 16.9. The minimum atomic E-state index is -0.158. The van der Waals surface area contributed by atoms with Crippen LogP contribution in [0.2, 0.25) is 0 Å². The van der Waals surface area contributed by atoms with Crippen molar-refractivity contribution in [1.82, 2.24) is 19.8 Å². The predicted octanol–water partition coefficient (Wildman–Crippen LogP) is 1.57. The lowest BCUT2D eigenvalue weighted by Crippen LogP contribution is -2.34. The highest BCUT2D eigenvalue weighted by molar-refractivity contribution is 5.77. The van der Waals surface area contributed by atoms with Gasteiger partial charge in [-0.1, -0.05) is 12.1 Å². The third-order valence-corrected chi connectivity index (χ3v) is 4.84. The summed E-state index contributed by atoms with van der Waals surface area (Å²) in [5.41, 5.74) is 1.50. The lowest BCUT2D eigenvalue weighted by atomic mass is 9.95. The van der Waals surface area contributed by atoms with Crippen molar-refractivity contribution in [3.8, 4) is 0 Å². The number of para-hydroxylation sites is 2. The zero-order valence-corrected chi connectivity index (χ0v) is 14.3. The Morgan fingerprint density at radius 1 is 1.38 bits per heavy atom. The summed E-state index contributed by atoms with van der Waals surface area (Å²) >= 11 is 0. The number of nitrogens with zero attached hydrogens (tertiary/aromatic N) is 2. The van der Waals surface area contributed by atoms with Crippen LogP contribution in [0.4, 0.5) is 0 Å². The SMILES string of the molecule is CN1CCCC(CCNC(=O)CCn2c(=O)[nH]c3ccccc32)C1. The maximum atomic E-state index is 12.0. The number of benzene rings is 1. The molecule has 6 nitrogen and oxygen atoms in total. The first kappa shape index (κ1) is 16.8. The van der Waals surface area contributed by atoms with E-state index in [0.717, 1.165) is 30.5 Å². The standard InChI is InChI=1S/C18H26N4O2/c1-21-11-4-5-14(13-21)8-10-19-17(23)9-12-22-16-7-3-2-6-15(16)20-18(22)24/h2-3,6-7,14H,4-5,8-13H2,1H3,(H,19,23)(H,20,24). The number of aromatic nitrogens is 2. The molecule has 0 radical (unpaired) electrons. The van der Waals surface area contributed by atoms with Gasteiger partial charge in [0, 0.05) is 26.1 Å². The van der Waals surface area contributed by atoms with E-state index in [0.29, 0.717) is 18.9 Å². The lowest BCUT2D eigenvalue weighted by molar-refractivity contribution is -0.121. The van der Waals surface area contributed by atoms with Crippen molar-refractivity contribution in [3.05, 3.63) is 34.7 Å². The van der Waals surface area contributed by atoms with E-state index in [4.69, 9.17) is 0 Å². The minimum Gasteiger partial charge on any atom is -0.356 e. The Hall–Kier alpha value is -2.08. The number of imidazole rings is 1. The van der Waals surface area contributed by atoms with Crippen LogP contribution in [0.25, 0.3) is 11.0 Å². The molecule has 2 heterocycles. The number of aryl methyl sites for hydroxylation is 1. The average molecular weight is 330 g/mol. The minimum absolute atomic E-state index is 0.0105. The van der Waals surface area contributed by atoms with Crippen LogP contribution in [0.15, 0.2) is 29.1 Å². The van der Waals surface area contributed by atoms with Crippen LogP contribution in [0.1, 0.15) is 25.7 Å². The van der Waals surface area contributed by atoms with Gasteiger partial charge in [0.2, 0.25) is 5.91 Å². The Bertz CT molecular complexity index is 749. The topological polar surface area (TPSA) is 70.1 Å². The molecule has 6 heteroatoms. The highest BCUT2D eigenvalue weighted by Crippen LogP contribution is 2.17. The van der Waals surface area contributed by atoms with Crippen molar-refractivity contribution in [2.45, 2.75) is 32.2 Å². The zero-order valence-electron chi connectivity index (χ0n) is 14.3. The third kappa shape index (κ3) is 4.06. The summed E-state index contributed by atoms with van der Waals surface area (Å²) in [5.74, 6) is 0.691. The third-order valence-electron chi connectivity index (χ3n) is 4.84. The van der Waals surface area contributed by atoms with Crippen molar-refractivity contribution in [2.24, 2.45) is 5.92 Å². The van der Waals surface area contributed by atoms with Gasteiger partial charge in [0.25, 0.3) is 0 Å². The Kier molecular flexibility index (Phi) is 5.35. The first-order valence-corrected chi connectivity index (χ1v) is 8.76. The summed E-state index contributed by atoms with van der Waals surface area (Å²) in [4.78, 5) is 29.2. The van der Waals surface area contributed by atoms with E-state index in [1.165, 1.54) is 19.4 Å². The molecule has 2 aromatic rings. The quantitative estimate of drug-likeness (QED) is 0.845. The summed E-state index contributed by atoms with van der Waals surface area (Å²) in [5, 5.41) is 2.99. The summed E-state index contributed by atoms with van der Waals surface area (Å²) in [7, 11) is 2.16. The van der Waals surface area contributed by atoms with Gasteiger partial charge in [0.05, 0.1) is 11.0 Å². The van der Waals surface area contributed by atoms with Gasteiger partial charge in [0.1, 0.15) is 0 Å². The molecule has 1 fully saturated rings. The molecule has 24 heavy (non-hydrogen) atoms. The fraction of sp³-hybridized carbons (Fsp3) is 0.556. The van der Waals surface area contributed by atoms with Gasteiger partial charge in [-0.3, -0.25) is 9.36 Å². The van der Waals surface area contributed by atoms with Gasteiger partial charge < -0.3 is 15.2 Å². The molecule has 3 rings (SSSR count). The van der Waals surface area contributed by atoms with E-state index < -0.39 is 0 Å². The number of aromatic amines is 1. The number of likely N-dealkylation sites (tertiary alicyclic amines) is 1. The lowest BCUT2D eigenvalue weighted by Gasteiger charge is -2.29. The Labute approximate surface area is 141 Å². The van der Waals surface area contributed by atoms with Crippen molar-refractivity contribution < 1.29 is 4.79 Å². The molecule has 1 aliphatic heterocycles. The molecule has 1 aromatic carbocycles. The van der Waals surface area contributed by atoms with Crippen LogP contribution >= 0.6 is 0 Å². The molecule has 1 aromatic heterocycles. The van der Waals surface area contributed by atoms with Gasteiger partial charge in [-0.15, -0.1) is 0 Å². The smallest absolute Gasteiger partial charge is 0.326 e. The Balaban J connectivity index is 1.45. The van der Waals surface area contributed by atoms with E-state index in [1.54, 1.807) is 4.57 Å². The van der Waals surface area contributed by atoms with E-state index in [1.807, 2.05) is 24.3 Å². The van der Waals surface area contributed by atoms with Crippen molar-refractivity contribution in [2.75, 3.05) is 26.7 Å². The molecule has 0 spiro atoms. The van der Waals surface area contributed by atoms with E-state index in [9.17, 15) is 9.59 Å². The molecular formula is C18H26N4O2. The molecule has 130 valence electrons. The van der Waals surface area contributed by atoms with Crippen LogP contribution in [-0.4, -0.2) is 47.0 Å². The number of nitrogens with one attached hydrogen (secondary N) is 2. The van der Waals surface area contributed by atoms with E-state index in [-0.39, 0.29) is 11.6 Å². The molecule has 0 aliphatic carbocycles. The first-order chi connectivity index (χ1) is 11.6. The van der Waals surface area contributed by atoms with Gasteiger partial charge in [0.15, 0.2) is 0 Å². The maximum absolute atomic E-state index is 12.0. The summed E-state index contributed by atoms with van der Waals surface area (Å²) < 4.78 is 1.63. The maximum Gasteiger partial charge on any atom is 0.326 e. The number of carbonyl (C=O) groups is 1. The number of piperidine rings is 1. The number of amides is 1. The summed E-state index contributed by atoms with van der Waals surface area (Å²) in [6, 6.07) is 7.55. The molecule has 0 bridgehead atoms. The summed E-state index contributed by atoms with van der Waals surface area (Å²) in [6.07, 6.45) is 3.86. The normalized spacial score (nSPS) is 18.8. The summed E-state index contributed by atoms with van der Waals surface area (Å²) in [6.45, 7) is 3.43. The predicted molar refractivity (Wildman–Crippen MR) is 95.0 cm³/mol.